The third-order valence-corrected chi connectivity index (χ3v) is 3.70. The fourth-order valence-corrected chi connectivity index (χ4v) is 2.49. The Labute approximate surface area is 129 Å². The van der Waals surface area contributed by atoms with Gasteiger partial charge in [-0.2, -0.15) is 13.2 Å². The standard InChI is InChI=1S/C14H13F3N4O2/c15-14(16,17)13-20-19-11(23-13)9-4-7-21(8-5-9)12(22)10-3-1-2-6-18-10/h1-3,6,9H,4-5,7-8H2. The predicted octanol–water partition coefficient (Wildman–Crippen LogP) is 2.50. The number of pyridine rings is 1. The summed E-state index contributed by atoms with van der Waals surface area (Å²) in [4.78, 5) is 17.9. The first-order chi connectivity index (χ1) is 10.9. The normalized spacial score (nSPS) is 16.6. The third-order valence-electron chi connectivity index (χ3n) is 3.70. The second kappa shape index (κ2) is 5.98. The molecule has 1 aliphatic heterocycles. The van der Waals surface area contributed by atoms with Crippen LogP contribution in [0.2, 0.25) is 0 Å². The molecule has 1 fully saturated rings. The Morgan fingerprint density at radius 2 is 1.96 bits per heavy atom. The van der Waals surface area contributed by atoms with Crippen molar-refractivity contribution in [3.63, 3.8) is 0 Å². The topological polar surface area (TPSA) is 72.1 Å². The molecule has 2 aromatic heterocycles. The second-order valence-electron chi connectivity index (χ2n) is 5.22. The van der Waals surface area contributed by atoms with Crippen LogP contribution in [-0.4, -0.2) is 39.1 Å². The number of hydrogen-bond donors (Lipinski definition) is 0. The average molecular weight is 326 g/mol. The summed E-state index contributed by atoms with van der Waals surface area (Å²) < 4.78 is 42.1. The van der Waals surface area contributed by atoms with Gasteiger partial charge >= 0.3 is 12.1 Å². The van der Waals surface area contributed by atoms with Crippen molar-refractivity contribution in [3.8, 4) is 0 Å². The van der Waals surface area contributed by atoms with Crippen molar-refractivity contribution in [2.24, 2.45) is 0 Å². The zero-order valence-electron chi connectivity index (χ0n) is 12.0. The van der Waals surface area contributed by atoms with Gasteiger partial charge in [-0.05, 0) is 25.0 Å². The summed E-state index contributed by atoms with van der Waals surface area (Å²) in [7, 11) is 0. The number of nitrogens with zero attached hydrogens (tertiary/aromatic N) is 4. The summed E-state index contributed by atoms with van der Waals surface area (Å²) in [5.41, 5.74) is 0.350. The molecule has 0 aliphatic carbocycles. The number of piperidine rings is 1. The minimum Gasteiger partial charge on any atom is -0.417 e. The summed E-state index contributed by atoms with van der Waals surface area (Å²) in [6.45, 7) is 0.813. The highest BCUT2D eigenvalue weighted by atomic mass is 19.4. The number of likely N-dealkylation sites (tertiary alicyclic amines) is 1. The highest BCUT2D eigenvalue weighted by Gasteiger charge is 2.39. The molecule has 0 N–H and O–H groups in total. The summed E-state index contributed by atoms with van der Waals surface area (Å²) in [5.74, 6) is -1.82. The van der Waals surface area contributed by atoms with E-state index in [2.05, 4.69) is 15.2 Å². The number of rotatable bonds is 2. The Morgan fingerprint density at radius 3 is 2.52 bits per heavy atom. The van der Waals surface area contributed by atoms with Crippen LogP contribution in [0.3, 0.4) is 0 Å². The molecule has 0 saturated carbocycles. The number of amides is 1. The lowest BCUT2D eigenvalue weighted by atomic mass is 9.96. The number of aromatic nitrogens is 3. The van der Waals surface area contributed by atoms with E-state index in [1.54, 1.807) is 23.1 Å². The first-order valence-electron chi connectivity index (χ1n) is 7.06. The zero-order chi connectivity index (χ0) is 16.4. The molecule has 0 aromatic carbocycles. The van der Waals surface area contributed by atoms with E-state index in [0.717, 1.165) is 0 Å². The van der Waals surface area contributed by atoms with Crippen LogP contribution < -0.4 is 0 Å². The molecule has 3 rings (SSSR count). The molecule has 0 spiro atoms. The molecule has 0 radical (unpaired) electrons. The van der Waals surface area contributed by atoms with Gasteiger partial charge in [-0.3, -0.25) is 9.78 Å². The Kier molecular flexibility index (Phi) is 4.01. The van der Waals surface area contributed by atoms with E-state index in [1.807, 2.05) is 0 Å². The summed E-state index contributed by atoms with van der Waals surface area (Å²) >= 11 is 0. The van der Waals surface area contributed by atoms with E-state index in [0.29, 0.717) is 31.6 Å². The molecule has 0 atom stereocenters. The summed E-state index contributed by atoms with van der Waals surface area (Å²) in [6.07, 6.45) is -2.16. The molecule has 9 heteroatoms. The molecule has 2 aromatic rings. The third kappa shape index (κ3) is 3.33. The number of alkyl halides is 3. The van der Waals surface area contributed by atoms with Crippen molar-refractivity contribution in [1.29, 1.82) is 0 Å². The van der Waals surface area contributed by atoms with Crippen molar-refractivity contribution in [1.82, 2.24) is 20.1 Å². The van der Waals surface area contributed by atoms with Gasteiger partial charge in [0.2, 0.25) is 5.89 Å². The van der Waals surface area contributed by atoms with Crippen LogP contribution in [0.25, 0.3) is 0 Å². The molecular formula is C14H13F3N4O2. The molecule has 1 aliphatic rings. The molecule has 1 saturated heterocycles. The van der Waals surface area contributed by atoms with Crippen LogP contribution in [0.15, 0.2) is 28.8 Å². The second-order valence-corrected chi connectivity index (χ2v) is 5.22. The van der Waals surface area contributed by atoms with Gasteiger partial charge in [0.25, 0.3) is 5.91 Å². The van der Waals surface area contributed by atoms with Crippen molar-refractivity contribution in [3.05, 3.63) is 41.9 Å². The fourth-order valence-electron chi connectivity index (χ4n) is 2.49. The van der Waals surface area contributed by atoms with Gasteiger partial charge < -0.3 is 9.32 Å². The van der Waals surface area contributed by atoms with Crippen LogP contribution in [-0.2, 0) is 6.18 Å². The van der Waals surface area contributed by atoms with Crippen LogP contribution in [0.5, 0.6) is 0 Å². The molecular weight excluding hydrogens is 313 g/mol. The Morgan fingerprint density at radius 1 is 1.22 bits per heavy atom. The molecule has 0 bridgehead atoms. The lowest BCUT2D eigenvalue weighted by Crippen LogP contribution is -2.38. The predicted molar refractivity (Wildman–Crippen MR) is 71.4 cm³/mol. The molecule has 6 nitrogen and oxygen atoms in total. The quantitative estimate of drug-likeness (QED) is 0.848. The van der Waals surface area contributed by atoms with Gasteiger partial charge in [0.1, 0.15) is 5.69 Å². The molecule has 3 heterocycles. The SMILES string of the molecule is O=C(c1ccccn1)N1CCC(c2nnc(C(F)(F)F)o2)CC1. The lowest BCUT2D eigenvalue weighted by molar-refractivity contribution is -0.157. The van der Waals surface area contributed by atoms with Crippen LogP contribution in [0.1, 0.15) is 41.0 Å². The van der Waals surface area contributed by atoms with Crippen molar-refractivity contribution >= 4 is 5.91 Å². The zero-order valence-corrected chi connectivity index (χ0v) is 12.0. The minimum absolute atomic E-state index is 0.0257. The number of carbonyl (C=O) groups excluding carboxylic acids is 1. The molecule has 0 unspecified atom stereocenters. The number of hydrogen-bond acceptors (Lipinski definition) is 5. The van der Waals surface area contributed by atoms with Gasteiger partial charge in [0.05, 0.1) is 0 Å². The maximum Gasteiger partial charge on any atom is 0.470 e. The van der Waals surface area contributed by atoms with Crippen LogP contribution in [0, 0.1) is 0 Å². The summed E-state index contributed by atoms with van der Waals surface area (Å²) in [6, 6.07) is 5.07. The smallest absolute Gasteiger partial charge is 0.417 e. The maximum absolute atomic E-state index is 12.5. The van der Waals surface area contributed by atoms with E-state index in [4.69, 9.17) is 4.42 Å². The molecule has 122 valence electrons. The van der Waals surface area contributed by atoms with Gasteiger partial charge in [0.15, 0.2) is 0 Å². The Bertz CT molecular complexity index is 679. The average Bonchev–Trinajstić information content (AvgIpc) is 3.05. The van der Waals surface area contributed by atoms with E-state index < -0.39 is 12.1 Å². The summed E-state index contributed by atoms with van der Waals surface area (Å²) in [5, 5.41) is 6.51. The van der Waals surface area contributed by atoms with Gasteiger partial charge in [-0.15, -0.1) is 10.2 Å². The minimum atomic E-state index is -4.64. The monoisotopic (exact) mass is 326 g/mol. The number of halogens is 3. The van der Waals surface area contributed by atoms with Crippen molar-refractivity contribution in [2.45, 2.75) is 24.9 Å². The largest absolute Gasteiger partial charge is 0.470 e. The van der Waals surface area contributed by atoms with Crippen molar-refractivity contribution in [2.75, 3.05) is 13.1 Å². The first kappa shape index (κ1) is 15.4. The van der Waals surface area contributed by atoms with Gasteiger partial charge in [0, 0.05) is 25.2 Å². The molecule has 1 amide bonds. The lowest BCUT2D eigenvalue weighted by Gasteiger charge is -2.30. The van der Waals surface area contributed by atoms with E-state index in [-0.39, 0.29) is 17.7 Å². The van der Waals surface area contributed by atoms with Gasteiger partial charge in [-0.1, -0.05) is 6.07 Å². The highest BCUT2D eigenvalue weighted by molar-refractivity contribution is 5.92. The van der Waals surface area contributed by atoms with Crippen LogP contribution >= 0.6 is 0 Å². The van der Waals surface area contributed by atoms with E-state index >= 15 is 0 Å². The van der Waals surface area contributed by atoms with Crippen LogP contribution in [0.4, 0.5) is 13.2 Å². The van der Waals surface area contributed by atoms with Crippen molar-refractivity contribution < 1.29 is 22.4 Å². The molecule has 23 heavy (non-hydrogen) atoms. The van der Waals surface area contributed by atoms with E-state index in [1.165, 1.54) is 6.20 Å². The first-order valence-corrected chi connectivity index (χ1v) is 7.06. The van der Waals surface area contributed by atoms with E-state index in [9.17, 15) is 18.0 Å². The van der Waals surface area contributed by atoms with Gasteiger partial charge in [-0.25, -0.2) is 0 Å². The Hall–Kier alpha value is -2.45. The maximum atomic E-state index is 12.5. The number of carbonyl (C=O) groups is 1. The Balaban J connectivity index is 1.62. The highest BCUT2D eigenvalue weighted by Crippen LogP contribution is 2.32. The fraction of sp³-hybridized carbons (Fsp3) is 0.429.